The summed E-state index contributed by atoms with van der Waals surface area (Å²) in [6, 6.07) is 8.83. The summed E-state index contributed by atoms with van der Waals surface area (Å²) in [5, 5.41) is 8.08. The molecule has 6 heteroatoms. The average molecular weight is 359 g/mol. The number of fused-ring (bicyclic) bond motifs is 1. The van der Waals surface area contributed by atoms with Crippen molar-refractivity contribution in [2.45, 2.75) is 31.3 Å². The molecule has 2 heterocycles. The zero-order valence-electron chi connectivity index (χ0n) is 14.0. The topological polar surface area (TPSA) is 44.4 Å². The lowest BCUT2D eigenvalue weighted by molar-refractivity contribution is 0.231. The monoisotopic (exact) mass is 359 g/mol. The van der Waals surface area contributed by atoms with Crippen LogP contribution in [-0.4, -0.2) is 36.6 Å². The molecule has 2 atom stereocenters. The van der Waals surface area contributed by atoms with Crippen molar-refractivity contribution in [1.29, 1.82) is 0 Å². The molecule has 0 spiro atoms. The van der Waals surface area contributed by atoms with Crippen molar-refractivity contribution in [1.82, 2.24) is 15.5 Å². The van der Waals surface area contributed by atoms with E-state index in [0.29, 0.717) is 6.54 Å². The Bertz CT molecular complexity index is 763. The minimum atomic E-state index is -0.220. The molecule has 1 aromatic heterocycles. The van der Waals surface area contributed by atoms with E-state index in [0.717, 1.165) is 38.0 Å². The average Bonchev–Trinajstić information content (AvgIpc) is 3.20. The summed E-state index contributed by atoms with van der Waals surface area (Å²) in [5.41, 5.74) is 2.39. The SMILES string of the molecule is O=C(NCCN1CCc2sccc2C1)N[C@@H]1C[C@H]1c1cccc(F)c1. The van der Waals surface area contributed by atoms with E-state index in [-0.39, 0.29) is 23.8 Å². The molecule has 0 radical (unpaired) electrons. The van der Waals surface area contributed by atoms with Gasteiger partial charge in [-0.05, 0) is 47.5 Å². The Balaban J connectivity index is 1.17. The molecule has 132 valence electrons. The second-order valence-electron chi connectivity index (χ2n) is 6.80. The summed E-state index contributed by atoms with van der Waals surface area (Å²) in [7, 11) is 0. The Morgan fingerprint density at radius 1 is 1.36 bits per heavy atom. The van der Waals surface area contributed by atoms with Crippen LogP contribution in [0.2, 0.25) is 0 Å². The standard InChI is InChI=1S/C19H22FN3OS/c20-15-3-1-2-13(10-15)16-11-17(16)22-19(24)21-6-8-23-7-4-18-14(12-23)5-9-25-18/h1-3,5,9-10,16-17H,4,6-8,11-12H2,(H2,21,22,24)/t16-,17+/m0/s1. The van der Waals surface area contributed by atoms with Crippen molar-refractivity contribution in [2.24, 2.45) is 0 Å². The Hall–Kier alpha value is -1.92. The first-order valence-electron chi connectivity index (χ1n) is 8.76. The van der Waals surface area contributed by atoms with Crippen molar-refractivity contribution in [3.63, 3.8) is 0 Å². The first kappa shape index (κ1) is 16.5. The third kappa shape index (κ3) is 4.02. The van der Waals surface area contributed by atoms with Crippen LogP contribution in [0, 0.1) is 5.82 Å². The maximum atomic E-state index is 13.3. The van der Waals surface area contributed by atoms with Crippen LogP contribution in [0.4, 0.5) is 9.18 Å². The predicted octanol–water partition coefficient (Wildman–Crippen LogP) is 3.10. The number of amides is 2. The highest BCUT2D eigenvalue weighted by atomic mass is 32.1. The van der Waals surface area contributed by atoms with Crippen LogP contribution in [-0.2, 0) is 13.0 Å². The molecule has 2 aliphatic rings. The fraction of sp³-hybridized carbons (Fsp3) is 0.421. The number of hydrogen-bond donors (Lipinski definition) is 2. The minimum absolute atomic E-state index is 0.116. The molecule has 1 saturated carbocycles. The number of halogens is 1. The third-order valence-corrected chi connectivity index (χ3v) is 6.01. The fourth-order valence-electron chi connectivity index (χ4n) is 3.50. The van der Waals surface area contributed by atoms with Gasteiger partial charge in [0.25, 0.3) is 0 Å². The van der Waals surface area contributed by atoms with Gasteiger partial charge in [0.2, 0.25) is 0 Å². The van der Waals surface area contributed by atoms with Gasteiger partial charge in [0, 0.05) is 43.0 Å². The maximum Gasteiger partial charge on any atom is 0.315 e. The van der Waals surface area contributed by atoms with Gasteiger partial charge in [-0.15, -0.1) is 11.3 Å². The van der Waals surface area contributed by atoms with Gasteiger partial charge < -0.3 is 10.6 Å². The van der Waals surface area contributed by atoms with E-state index in [1.807, 2.05) is 17.4 Å². The molecular formula is C19H22FN3OS. The molecule has 0 unspecified atom stereocenters. The van der Waals surface area contributed by atoms with Crippen LogP contribution in [0.5, 0.6) is 0 Å². The first-order valence-corrected chi connectivity index (χ1v) is 9.64. The zero-order valence-corrected chi connectivity index (χ0v) is 14.8. The molecule has 0 saturated heterocycles. The number of nitrogens with zero attached hydrogens (tertiary/aromatic N) is 1. The van der Waals surface area contributed by atoms with E-state index >= 15 is 0 Å². The Morgan fingerprint density at radius 2 is 2.28 bits per heavy atom. The van der Waals surface area contributed by atoms with Crippen LogP contribution < -0.4 is 10.6 Å². The molecule has 1 aliphatic heterocycles. The molecule has 25 heavy (non-hydrogen) atoms. The van der Waals surface area contributed by atoms with E-state index in [1.165, 1.54) is 16.5 Å². The molecule has 2 amide bonds. The Labute approximate surface area is 151 Å². The second kappa shape index (κ2) is 7.14. The van der Waals surface area contributed by atoms with Gasteiger partial charge in [0.05, 0.1) is 0 Å². The van der Waals surface area contributed by atoms with Gasteiger partial charge in [0.1, 0.15) is 5.82 Å². The van der Waals surface area contributed by atoms with Crippen LogP contribution >= 0.6 is 11.3 Å². The van der Waals surface area contributed by atoms with Crippen molar-refractivity contribution in [3.8, 4) is 0 Å². The number of carbonyl (C=O) groups excluding carboxylic acids is 1. The zero-order chi connectivity index (χ0) is 17.2. The number of hydrogen-bond acceptors (Lipinski definition) is 3. The number of thiophene rings is 1. The van der Waals surface area contributed by atoms with Gasteiger partial charge in [-0.25, -0.2) is 9.18 Å². The lowest BCUT2D eigenvalue weighted by Crippen LogP contribution is -2.42. The number of benzene rings is 1. The van der Waals surface area contributed by atoms with Gasteiger partial charge in [-0.1, -0.05) is 12.1 Å². The third-order valence-electron chi connectivity index (χ3n) is 4.98. The summed E-state index contributed by atoms with van der Waals surface area (Å²) in [6.45, 7) is 3.54. The highest BCUT2D eigenvalue weighted by Crippen LogP contribution is 2.40. The molecule has 1 fully saturated rings. The van der Waals surface area contributed by atoms with Crippen molar-refractivity contribution >= 4 is 17.4 Å². The predicted molar refractivity (Wildman–Crippen MR) is 97.4 cm³/mol. The molecule has 2 aromatic rings. The second-order valence-corrected chi connectivity index (χ2v) is 7.80. The van der Waals surface area contributed by atoms with E-state index in [1.54, 1.807) is 12.1 Å². The lowest BCUT2D eigenvalue weighted by atomic mass is 10.1. The van der Waals surface area contributed by atoms with Crippen LogP contribution in [0.1, 0.15) is 28.3 Å². The molecular weight excluding hydrogens is 337 g/mol. The van der Waals surface area contributed by atoms with Crippen molar-refractivity contribution in [3.05, 3.63) is 57.5 Å². The van der Waals surface area contributed by atoms with Crippen LogP contribution in [0.25, 0.3) is 0 Å². The van der Waals surface area contributed by atoms with Crippen LogP contribution in [0.3, 0.4) is 0 Å². The number of nitrogens with one attached hydrogen (secondary N) is 2. The molecule has 4 rings (SSSR count). The summed E-state index contributed by atoms with van der Waals surface area (Å²) >= 11 is 1.84. The summed E-state index contributed by atoms with van der Waals surface area (Å²) in [4.78, 5) is 15.9. The lowest BCUT2D eigenvalue weighted by Gasteiger charge is -2.26. The molecule has 0 bridgehead atoms. The van der Waals surface area contributed by atoms with E-state index in [2.05, 4.69) is 27.0 Å². The van der Waals surface area contributed by atoms with E-state index in [9.17, 15) is 9.18 Å². The van der Waals surface area contributed by atoms with Crippen molar-refractivity contribution < 1.29 is 9.18 Å². The Morgan fingerprint density at radius 3 is 3.16 bits per heavy atom. The first-order chi connectivity index (χ1) is 12.2. The highest BCUT2D eigenvalue weighted by Gasteiger charge is 2.39. The quantitative estimate of drug-likeness (QED) is 0.862. The fourth-order valence-corrected chi connectivity index (χ4v) is 4.39. The summed E-state index contributed by atoms with van der Waals surface area (Å²) < 4.78 is 13.3. The normalized spacial score (nSPS) is 22.3. The van der Waals surface area contributed by atoms with Gasteiger partial charge >= 0.3 is 6.03 Å². The van der Waals surface area contributed by atoms with Gasteiger partial charge in [-0.3, -0.25) is 4.90 Å². The van der Waals surface area contributed by atoms with E-state index < -0.39 is 0 Å². The molecule has 2 N–H and O–H groups in total. The molecule has 4 nitrogen and oxygen atoms in total. The molecule has 1 aliphatic carbocycles. The number of urea groups is 1. The van der Waals surface area contributed by atoms with Crippen LogP contribution in [0.15, 0.2) is 35.7 Å². The highest BCUT2D eigenvalue weighted by molar-refractivity contribution is 7.10. The van der Waals surface area contributed by atoms with Gasteiger partial charge in [-0.2, -0.15) is 0 Å². The van der Waals surface area contributed by atoms with E-state index in [4.69, 9.17) is 0 Å². The summed E-state index contributed by atoms with van der Waals surface area (Å²) in [5.74, 6) is 0.0171. The Kier molecular flexibility index (Phi) is 4.72. The summed E-state index contributed by atoms with van der Waals surface area (Å²) in [6.07, 6.45) is 1.99. The number of carbonyl (C=O) groups is 1. The van der Waals surface area contributed by atoms with Crippen molar-refractivity contribution in [2.75, 3.05) is 19.6 Å². The van der Waals surface area contributed by atoms with Gasteiger partial charge in [0.15, 0.2) is 0 Å². The maximum absolute atomic E-state index is 13.3. The minimum Gasteiger partial charge on any atom is -0.337 e. The largest absolute Gasteiger partial charge is 0.337 e. The number of rotatable bonds is 5. The molecule has 1 aromatic carbocycles. The smallest absolute Gasteiger partial charge is 0.315 e.